The summed E-state index contributed by atoms with van der Waals surface area (Å²) in [5.74, 6) is 0.862. The van der Waals surface area contributed by atoms with E-state index in [2.05, 4.69) is 43.6 Å². The summed E-state index contributed by atoms with van der Waals surface area (Å²) in [4.78, 5) is 1.24. The molecular weight excluding hydrogens is 306 g/mol. The van der Waals surface area contributed by atoms with Gasteiger partial charge in [-0.3, -0.25) is 0 Å². The predicted octanol–water partition coefficient (Wildman–Crippen LogP) is 3.63. The van der Waals surface area contributed by atoms with Crippen molar-refractivity contribution < 1.29 is 0 Å². The summed E-state index contributed by atoms with van der Waals surface area (Å²) in [5.41, 5.74) is 0. The molecule has 0 spiro atoms. The number of thioether (sulfide) groups is 1. The molecule has 0 aliphatic heterocycles. The lowest BCUT2D eigenvalue weighted by Gasteiger charge is -1.98. The Bertz CT molecular complexity index is 455. The van der Waals surface area contributed by atoms with Crippen molar-refractivity contribution >= 4 is 44.2 Å². The number of hydrogen-bond donors (Lipinski definition) is 1. The van der Waals surface area contributed by atoms with Gasteiger partial charge < -0.3 is 5.32 Å². The third-order valence-corrected chi connectivity index (χ3v) is 4.53. The topological polar surface area (TPSA) is 37.8 Å². The van der Waals surface area contributed by atoms with Gasteiger partial charge in [0.25, 0.3) is 0 Å². The van der Waals surface area contributed by atoms with Gasteiger partial charge in [0, 0.05) is 16.4 Å². The van der Waals surface area contributed by atoms with Crippen LogP contribution in [0.4, 0.5) is 5.13 Å². The van der Waals surface area contributed by atoms with Crippen molar-refractivity contribution in [2.45, 2.75) is 10.6 Å². The molecule has 0 aliphatic carbocycles. The highest BCUT2D eigenvalue weighted by Gasteiger charge is 2.03. The van der Waals surface area contributed by atoms with E-state index in [0.29, 0.717) is 0 Å². The van der Waals surface area contributed by atoms with Crippen molar-refractivity contribution in [1.29, 1.82) is 0 Å². The number of anilines is 1. The van der Waals surface area contributed by atoms with E-state index in [1.165, 1.54) is 4.90 Å². The van der Waals surface area contributed by atoms with Gasteiger partial charge in [-0.05, 0) is 24.3 Å². The molecule has 16 heavy (non-hydrogen) atoms. The Hall–Kier alpha value is -0.590. The van der Waals surface area contributed by atoms with Crippen LogP contribution in [0.25, 0.3) is 0 Å². The monoisotopic (exact) mass is 315 g/mol. The highest BCUT2D eigenvalue weighted by atomic mass is 79.9. The average Bonchev–Trinajstić information content (AvgIpc) is 2.76. The molecule has 1 N–H and O–H groups in total. The van der Waals surface area contributed by atoms with Crippen LogP contribution in [0.3, 0.4) is 0 Å². The van der Waals surface area contributed by atoms with Gasteiger partial charge in [0.2, 0.25) is 5.13 Å². The first-order chi connectivity index (χ1) is 7.78. The smallest absolute Gasteiger partial charge is 0.205 e. The van der Waals surface area contributed by atoms with Crippen LogP contribution < -0.4 is 5.32 Å². The Balaban J connectivity index is 1.94. The van der Waals surface area contributed by atoms with Crippen molar-refractivity contribution in [3.8, 4) is 0 Å². The Morgan fingerprint density at radius 1 is 1.31 bits per heavy atom. The third kappa shape index (κ3) is 3.20. The van der Waals surface area contributed by atoms with Gasteiger partial charge in [-0.1, -0.05) is 27.3 Å². The average molecular weight is 316 g/mol. The fraction of sp³-hybridized carbons (Fsp3) is 0.200. The molecule has 0 aliphatic rings. The van der Waals surface area contributed by atoms with E-state index in [-0.39, 0.29) is 0 Å². The number of nitrogens with one attached hydrogen (secondary N) is 1. The number of nitrogens with zero attached hydrogens (tertiary/aromatic N) is 2. The summed E-state index contributed by atoms with van der Waals surface area (Å²) in [6, 6.07) is 8.27. The molecule has 2 rings (SSSR count). The van der Waals surface area contributed by atoms with Crippen LogP contribution in [0.2, 0.25) is 0 Å². The molecule has 0 saturated heterocycles. The number of rotatable bonds is 4. The molecule has 1 aromatic carbocycles. The summed E-state index contributed by atoms with van der Waals surface area (Å²) >= 11 is 6.77. The van der Waals surface area contributed by atoms with Crippen LogP contribution in [0.15, 0.2) is 33.6 Å². The zero-order chi connectivity index (χ0) is 11.4. The molecule has 84 valence electrons. The Morgan fingerprint density at radius 2 is 2.06 bits per heavy atom. The standard InChI is InChI=1S/C10H10BrN3S2/c1-12-10-14-13-9(16-10)6-15-8-4-2-7(11)3-5-8/h2-5H,6H2,1H3,(H,12,14). The quantitative estimate of drug-likeness (QED) is 0.874. The maximum absolute atomic E-state index is 4.10. The van der Waals surface area contributed by atoms with Gasteiger partial charge in [0.05, 0.1) is 5.75 Å². The highest BCUT2D eigenvalue weighted by Crippen LogP contribution is 2.26. The van der Waals surface area contributed by atoms with E-state index < -0.39 is 0 Å². The number of halogens is 1. The second kappa shape index (κ2) is 5.65. The molecule has 0 fully saturated rings. The Morgan fingerprint density at radius 3 is 2.69 bits per heavy atom. The number of aromatic nitrogens is 2. The van der Waals surface area contributed by atoms with E-state index in [0.717, 1.165) is 20.4 Å². The van der Waals surface area contributed by atoms with Gasteiger partial charge in [0.15, 0.2) is 0 Å². The van der Waals surface area contributed by atoms with Crippen molar-refractivity contribution in [3.63, 3.8) is 0 Å². The van der Waals surface area contributed by atoms with Gasteiger partial charge in [-0.2, -0.15) is 0 Å². The molecule has 0 amide bonds. The fourth-order valence-corrected chi connectivity index (χ4v) is 2.93. The molecule has 2 aromatic rings. The first kappa shape index (κ1) is 11.9. The molecule has 1 aromatic heterocycles. The summed E-state index contributed by atoms with van der Waals surface area (Å²) < 4.78 is 1.10. The molecule has 0 atom stereocenters. The predicted molar refractivity (Wildman–Crippen MR) is 73.2 cm³/mol. The van der Waals surface area contributed by atoms with E-state index in [1.54, 1.807) is 23.1 Å². The lowest BCUT2D eigenvalue weighted by Crippen LogP contribution is -1.84. The van der Waals surface area contributed by atoms with Crippen LogP contribution in [0, 0.1) is 0 Å². The van der Waals surface area contributed by atoms with Crippen LogP contribution in [-0.2, 0) is 5.75 Å². The van der Waals surface area contributed by atoms with Gasteiger partial charge in [0.1, 0.15) is 5.01 Å². The maximum atomic E-state index is 4.10. The van der Waals surface area contributed by atoms with Crippen LogP contribution >= 0.6 is 39.0 Å². The SMILES string of the molecule is CNc1nnc(CSc2ccc(Br)cc2)s1. The summed E-state index contributed by atoms with van der Waals surface area (Å²) in [6.45, 7) is 0. The number of benzene rings is 1. The lowest BCUT2D eigenvalue weighted by molar-refractivity contribution is 1.04. The largest absolute Gasteiger partial charge is 0.363 e. The molecule has 3 nitrogen and oxygen atoms in total. The highest BCUT2D eigenvalue weighted by molar-refractivity contribution is 9.10. The normalized spacial score (nSPS) is 10.4. The van der Waals surface area contributed by atoms with Gasteiger partial charge in [-0.25, -0.2) is 0 Å². The molecule has 6 heteroatoms. The van der Waals surface area contributed by atoms with E-state index in [9.17, 15) is 0 Å². The van der Waals surface area contributed by atoms with Crippen molar-refractivity contribution in [2.75, 3.05) is 12.4 Å². The van der Waals surface area contributed by atoms with Crippen LogP contribution in [0.5, 0.6) is 0 Å². The van der Waals surface area contributed by atoms with Crippen LogP contribution in [-0.4, -0.2) is 17.2 Å². The van der Waals surface area contributed by atoms with Crippen molar-refractivity contribution in [2.24, 2.45) is 0 Å². The van der Waals surface area contributed by atoms with Gasteiger partial charge in [-0.15, -0.1) is 22.0 Å². The summed E-state index contributed by atoms with van der Waals surface area (Å²) in [5, 5.41) is 13.0. The minimum Gasteiger partial charge on any atom is -0.363 e. The second-order valence-electron chi connectivity index (χ2n) is 2.99. The van der Waals surface area contributed by atoms with Crippen LogP contribution in [0.1, 0.15) is 5.01 Å². The zero-order valence-electron chi connectivity index (χ0n) is 8.61. The molecule has 0 bridgehead atoms. The first-order valence-corrected chi connectivity index (χ1v) is 7.26. The Kier molecular flexibility index (Phi) is 4.20. The maximum Gasteiger partial charge on any atom is 0.205 e. The lowest BCUT2D eigenvalue weighted by atomic mass is 10.4. The van der Waals surface area contributed by atoms with E-state index >= 15 is 0 Å². The first-order valence-electron chi connectivity index (χ1n) is 4.66. The number of hydrogen-bond acceptors (Lipinski definition) is 5. The van der Waals surface area contributed by atoms with Crippen molar-refractivity contribution in [3.05, 3.63) is 33.7 Å². The van der Waals surface area contributed by atoms with E-state index in [4.69, 9.17) is 0 Å². The minimum atomic E-state index is 0.862. The fourth-order valence-electron chi connectivity index (χ4n) is 1.09. The van der Waals surface area contributed by atoms with Crippen molar-refractivity contribution in [1.82, 2.24) is 10.2 Å². The zero-order valence-corrected chi connectivity index (χ0v) is 11.8. The second-order valence-corrected chi connectivity index (χ2v) is 6.02. The molecule has 0 radical (unpaired) electrons. The summed E-state index contributed by atoms with van der Waals surface area (Å²) in [7, 11) is 1.85. The molecule has 0 saturated carbocycles. The Labute approximate surface area is 111 Å². The van der Waals surface area contributed by atoms with E-state index in [1.807, 2.05) is 19.2 Å². The molecular formula is C10H10BrN3S2. The summed E-state index contributed by atoms with van der Waals surface area (Å²) in [6.07, 6.45) is 0. The minimum absolute atomic E-state index is 0.862. The third-order valence-electron chi connectivity index (χ3n) is 1.86. The molecule has 1 heterocycles. The van der Waals surface area contributed by atoms with Gasteiger partial charge >= 0.3 is 0 Å². The molecule has 0 unspecified atom stereocenters.